The number of rotatable bonds is 0. The molecule has 2 rings (SSSR count). The molecule has 1 aromatic rings. The summed E-state index contributed by atoms with van der Waals surface area (Å²) in [6.07, 6.45) is 0. The van der Waals surface area contributed by atoms with Gasteiger partial charge in [-0.1, -0.05) is 17.7 Å². The van der Waals surface area contributed by atoms with Gasteiger partial charge in [-0.25, -0.2) is 0 Å². The molecule has 13 heavy (non-hydrogen) atoms. The van der Waals surface area contributed by atoms with E-state index in [1.54, 1.807) is 12.1 Å². The summed E-state index contributed by atoms with van der Waals surface area (Å²) < 4.78 is 0. The second-order valence-electron chi connectivity index (χ2n) is 3.10. The minimum absolute atomic E-state index is 0.166. The number of halogens is 1. The molecule has 1 amide bonds. The smallest absolute Gasteiger partial charge is 0.245 e. The van der Waals surface area contributed by atoms with Gasteiger partial charge in [0.1, 0.15) is 6.04 Å². The summed E-state index contributed by atoms with van der Waals surface area (Å²) in [6.45, 7) is 1.86. The molecule has 0 saturated heterocycles. The lowest BCUT2D eigenvalue weighted by molar-refractivity contribution is -0.116. The lowest BCUT2D eigenvalue weighted by atomic mass is 10.1. The van der Waals surface area contributed by atoms with Crippen LogP contribution in [0.5, 0.6) is 0 Å². The first-order valence-corrected chi connectivity index (χ1v) is 4.34. The van der Waals surface area contributed by atoms with E-state index in [0.717, 1.165) is 16.8 Å². The number of fused-ring (bicyclic) bond motifs is 1. The largest absolute Gasteiger partial charge is 0.324 e. The summed E-state index contributed by atoms with van der Waals surface area (Å²) in [4.78, 5) is 11.2. The van der Waals surface area contributed by atoms with Gasteiger partial charge >= 0.3 is 0 Å². The average Bonchev–Trinajstić information content (AvgIpc) is 2.38. The number of carbonyl (C=O) groups is 1. The van der Waals surface area contributed by atoms with Crippen molar-refractivity contribution in [3.8, 4) is 0 Å². The molecule has 4 heteroatoms. The van der Waals surface area contributed by atoms with Gasteiger partial charge in [-0.15, -0.1) is 0 Å². The predicted octanol–water partition coefficient (Wildman–Crippen LogP) is 1.60. The second kappa shape index (κ2) is 2.72. The van der Waals surface area contributed by atoms with E-state index in [2.05, 4.69) is 5.32 Å². The minimum Gasteiger partial charge on any atom is -0.324 e. The van der Waals surface area contributed by atoms with E-state index in [0.29, 0.717) is 5.02 Å². The summed E-state index contributed by atoms with van der Waals surface area (Å²) in [6, 6.07) is 2.99. The number of benzene rings is 1. The standard InChI is InChI=1S/C9H9ClN2O/c1-4-6(10)3-2-5-7(11)9(13)12-8(4)5/h2-3,7H,11H2,1H3,(H,12,13). The van der Waals surface area contributed by atoms with Crippen molar-refractivity contribution in [2.45, 2.75) is 13.0 Å². The van der Waals surface area contributed by atoms with E-state index in [-0.39, 0.29) is 5.91 Å². The highest BCUT2D eigenvalue weighted by Gasteiger charge is 2.28. The van der Waals surface area contributed by atoms with Gasteiger partial charge in [0.25, 0.3) is 0 Å². The fourth-order valence-electron chi connectivity index (χ4n) is 1.47. The highest BCUT2D eigenvalue weighted by molar-refractivity contribution is 6.32. The van der Waals surface area contributed by atoms with Crippen LogP contribution < -0.4 is 11.1 Å². The topological polar surface area (TPSA) is 55.1 Å². The van der Waals surface area contributed by atoms with Crippen LogP contribution in [0, 0.1) is 6.92 Å². The molecule has 0 fully saturated rings. The van der Waals surface area contributed by atoms with Crippen molar-refractivity contribution in [3.63, 3.8) is 0 Å². The molecule has 1 aromatic carbocycles. The Labute approximate surface area is 80.9 Å². The second-order valence-corrected chi connectivity index (χ2v) is 3.51. The first-order valence-electron chi connectivity index (χ1n) is 3.96. The highest BCUT2D eigenvalue weighted by Crippen LogP contribution is 2.35. The van der Waals surface area contributed by atoms with E-state index < -0.39 is 6.04 Å². The summed E-state index contributed by atoms with van der Waals surface area (Å²) in [5, 5.41) is 3.35. The van der Waals surface area contributed by atoms with Crippen LogP contribution in [0.2, 0.25) is 5.02 Å². The molecule has 1 unspecified atom stereocenters. The van der Waals surface area contributed by atoms with Crippen LogP contribution in [0.4, 0.5) is 5.69 Å². The molecule has 0 spiro atoms. The minimum atomic E-state index is -0.550. The zero-order valence-electron chi connectivity index (χ0n) is 7.10. The average molecular weight is 197 g/mol. The maximum Gasteiger partial charge on any atom is 0.245 e. The van der Waals surface area contributed by atoms with Crippen molar-refractivity contribution in [2.75, 3.05) is 5.32 Å². The van der Waals surface area contributed by atoms with Gasteiger partial charge in [-0.05, 0) is 18.6 Å². The number of carbonyl (C=O) groups excluding carboxylic acids is 1. The normalized spacial score (nSPS) is 19.9. The summed E-state index contributed by atoms with van der Waals surface area (Å²) in [5.41, 5.74) is 8.12. The van der Waals surface area contributed by atoms with Crippen LogP contribution in [0.25, 0.3) is 0 Å². The number of hydrogen-bond donors (Lipinski definition) is 2. The summed E-state index contributed by atoms with van der Waals surface area (Å²) in [5.74, 6) is -0.166. The molecule has 3 nitrogen and oxygen atoms in total. The van der Waals surface area contributed by atoms with E-state index in [9.17, 15) is 4.79 Å². The molecule has 0 bridgehead atoms. The Kier molecular flexibility index (Phi) is 1.78. The highest BCUT2D eigenvalue weighted by atomic mass is 35.5. The van der Waals surface area contributed by atoms with Crippen molar-refractivity contribution in [2.24, 2.45) is 5.73 Å². The lowest BCUT2D eigenvalue weighted by Crippen LogP contribution is -2.19. The molecule has 0 aromatic heterocycles. The van der Waals surface area contributed by atoms with E-state index >= 15 is 0 Å². The first kappa shape index (κ1) is 8.53. The fourth-order valence-corrected chi connectivity index (χ4v) is 1.63. The third kappa shape index (κ3) is 1.12. The van der Waals surface area contributed by atoms with Gasteiger partial charge in [-0.3, -0.25) is 4.79 Å². The maximum absolute atomic E-state index is 11.2. The summed E-state index contributed by atoms with van der Waals surface area (Å²) >= 11 is 5.90. The van der Waals surface area contributed by atoms with Crippen LogP contribution in [0.1, 0.15) is 17.2 Å². The quantitative estimate of drug-likeness (QED) is 0.662. The van der Waals surface area contributed by atoms with Gasteiger partial charge in [0.2, 0.25) is 5.91 Å². The lowest BCUT2D eigenvalue weighted by Gasteiger charge is -2.05. The van der Waals surface area contributed by atoms with Gasteiger partial charge in [0.05, 0.1) is 5.69 Å². The van der Waals surface area contributed by atoms with E-state index in [4.69, 9.17) is 17.3 Å². The van der Waals surface area contributed by atoms with Gasteiger partial charge in [-0.2, -0.15) is 0 Å². The molecule has 68 valence electrons. The van der Waals surface area contributed by atoms with Crippen LogP contribution >= 0.6 is 11.6 Å². The molecular weight excluding hydrogens is 188 g/mol. The zero-order chi connectivity index (χ0) is 9.59. The SMILES string of the molecule is Cc1c(Cl)ccc2c1NC(=O)C2N. The third-order valence-electron chi connectivity index (χ3n) is 2.30. The molecule has 0 aliphatic carbocycles. The number of nitrogens with one attached hydrogen (secondary N) is 1. The monoisotopic (exact) mass is 196 g/mol. The van der Waals surface area contributed by atoms with Crippen LogP contribution in [0.3, 0.4) is 0 Å². The van der Waals surface area contributed by atoms with Crippen LogP contribution in [0.15, 0.2) is 12.1 Å². The Morgan fingerprint density at radius 1 is 1.54 bits per heavy atom. The Morgan fingerprint density at radius 3 is 2.92 bits per heavy atom. The predicted molar refractivity (Wildman–Crippen MR) is 51.7 cm³/mol. The first-order chi connectivity index (χ1) is 6.11. The van der Waals surface area contributed by atoms with E-state index in [1.165, 1.54) is 0 Å². The van der Waals surface area contributed by atoms with Crippen molar-refractivity contribution in [1.82, 2.24) is 0 Å². The van der Waals surface area contributed by atoms with Crippen molar-refractivity contribution in [3.05, 3.63) is 28.3 Å². The molecule has 3 N–H and O–H groups in total. The third-order valence-corrected chi connectivity index (χ3v) is 2.71. The number of amides is 1. The molecule has 1 aliphatic heterocycles. The molecular formula is C9H9ClN2O. The molecule has 1 heterocycles. The van der Waals surface area contributed by atoms with Crippen LogP contribution in [-0.4, -0.2) is 5.91 Å². The number of hydrogen-bond acceptors (Lipinski definition) is 2. The maximum atomic E-state index is 11.2. The Morgan fingerprint density at radius 2 is 2.23 bits per heavy atom. The Balaban J connectivity index is 2.64. The van der Waals surface area contributed by atoms with E-state index in [1.807, 2.05) is 6.92 Å². The van der Waals surface area contributed by atoms with Crippen LogP contribution in [-0.2, 0) is 4.79 Å². The van der Waals surface area contributed by atoms with Crippen molar-refractivity contribution in [1.29, 1.82) is 0 Å². The number of nitrogens with two attached hydrogens (primary N) is 1. The van der Waals surface area contributed by atoms with Crippen molar-refractivity contribution < 1.29 is 4.79 Å². The Hall–Kier alpha value is -1.06. The van der Waals surface area contributed by atoms with Gasteiger partial charge in [0, 0.05) is 10.6 Å². The Bertz CT molecular complexity index is 389. The molecule has 1 atom stereocenters. The molecule has 0 radical (unpaired) electrons. The zero-order valence-corrected chi connectivity index (χ0v) is 7.85. The summed E-state index contributed by atoms with van der Waals surface area (Å²) in [7, 11) is 0. The van der Waals surface area contributed by atoms with Crippen molar-refractivity contribution >= 4 is 23.2 Å². The molecule has 0 saturated carbocycles. The number of anilines is 1. The molecule has 1 aliphatic rings. The van der Waals surface area contributed by atoms with Gasteiger partial charge < -0.3 is 11.1 Å². The fraction of sp³-hybridized carbons (Fsp3) is 0.222. The van der Waals surface area contributed by atoms with Gasteiger partial charge in [0.15, 0.2) is 0 Å².